The average molecular weight is 441 g/mol. The quantitative estimate of drug-likeness (QED) is 0.420. The number of ether oxygens (including phenoxy) is 3. The first kappa shape index (κ1) is 21.8. The van der Waals surface area contributed by atoms with E-state index in [2.05, 4.69) is 0 Å². The highest BCUT2D eigenvalue weighted by molar-refractivity contribution is 6.46. The maximum absolute atomic E-state index is 13.4. The van der Waals surface area contributed by atoms with Gasteiger partial charge in [-0.3, -0.25) is 9.59 Å². The van der Waals surface area contributed by atoms with Crippen LogP contribution < -0.4 is 9.47 Å². The predicted octanol–water partition coefficient (Wildman–Crippen LogP) is 3.44. The fourth-order valence-corrected chi connectivity index (χ4v) is 4.21. The van der Waals surface area contributed by atoms with Crippen molar-refractivity contribution in [2.24, 2.45) is 0 Å². The summed E-state index contributed by atoms with van der Waals surface area (Å²) in [5, 5.41) is 11.0. The third kappa shape index (κ3) is 3.93. The van der Waals surface area contributed by atoms with Gasteiger partial charge in [-0.15, -0.1) is 0 Å². The molecule has 0 spiro atoms. The highest BCUT2D eigenvalue weighted by Crippen LogP contribution is 2.44. The Balaban J connectivity index is 1.87. The second-order valence-electron chi connectivity index (χ2n) is 7.70. The molecule has 0 aromatic heterocycles. The third-order valence-electron chi connectivity index (χ3n) is 5.82. The van der Waals surface area contributed by atoms with Crippen LogP contribution in [0.4, 0.5) is 4.39 Å². The molecule has 2 aliphatic rings. The van der Waals surface area contributed by atoms with Gasteiger partial charge in [0, 0.05) is 30.3 Å². The van der Waals surface area contributed by atoms with Crippen LogP contribution in [0.25, 0.3) is 5.76 Å². The van der Waals surface area contributed by atoms with Crippen molar-refractivity contribution >= 4 is 17.4 Å². The number of benzene rings is 2. The van der Waals surface area contributed by atoms with Crippen molar-refractivity contribution in [2.45, 2.75) is 25.0 Å². The van der Waals surface area contributed by atoms with Gasteiger partial charge in [0.25, 0.3) is 11.7 Å². The molecule has 7 nitrogen and oxygen atoms in total. The number of hydrogen-bond acceptors (Lipinski definition) is 6. The van der Waals surface area contributed by atoms with Crippen molar-refractivity contribution in [2.75, 3.05) is 27.4 Å². The number of nitrogens with zero attached hydrogens (tertiary/aromatic N) is 1. The third-order valence-corrected chi connectivity index (χ3v) is 5.82. The Hall–Kier alpha value is -3.39. The second kappa shape index (κ2) is 9.00. The van der Waals surface area contributed by atoms with Gasteiger partial charge in [0.1, 0.15) is 23.1 Å². The monoisotopic (exact) mass is 441 g/mol. The van der Waals surface area contributed by atoms with Crippen molar-refractivity contribution < 1.29 is 33.3 Å². The van der Waals surface area contributed by atoms with Gasteiger partial charge in [-0.2, -0.15) is 0 Å². The van der Waals surface area contributed by atoms with Gasteiger partial charge in [-0.25, -0.2) is 4.39 Å². The number of rotatable bonds is 6. The Labute approximate surface area is 185 Å². The number of Topliss-reactive ketones (excluding diaryl/α,β-unsaturated/α-hetero) is 1. The molecule has 2 saturated heterocycles. The van der Waals surface area contributed by atoms with E-state index >= 15 is 0 Å². The summed E-state index contributed by atoms with van der Waals surface area (Å²) in [6.45, 7) is 0.797. The van der Waals surface area contributed by atoms with Gasteiger partial charge in [0.15, 0.2) is 0 Å². The van der Waals surface area contributed by atoms with Gasteiger partial charge < -0.3 is 24.2 Å². The lowest BCUT2D eigenvalue weighted by Crippen LogP contribution is -2.36. The molecule has 168 valence electrons. The van der Waals surface area contributed by atoms with E-state index in [1.165, 1.54) is 43.4 Å². The molecule has 2 heterocycles. The summed E-state index contributed by atoms with van der Waals surface area (Å²) < 4.78 is 29.9. The number of aliphatic hydroxyl groups is 1. The number of likely N-dealkylation sites (tertiary alicyclic amines) is 1. The molecule has 8 heteroatoms. The fourth-order valence-electron chi connectivity index (χ4n) is 4.21. The number of methoxy groups -OCH3 is 2. The first-order valence-electron chi connectivity index (χ1n) is 10.3. The number of halogens is 1. The summed E-state index contributed by atoms with van der Waals surface area (Å²) in [6, 6.07) is 9.24. The molecule has 1 amide bonds. The molecular weight excluding hydrogens is 417 g/mol. The van der Waals surface area contributed by atoms with Crippen LogP contribution in [0.3, 0.4) is 0 Å². The molecule has 1 N–H and O–H groups in total. The highest BCUT2D eigenvalue weighted by Gasteiger charge is 2.48. The molecule has 4 rings (SSSR count). The van der Waals surface area contributed by atoms with Crippen LogP contribution in [0.2, 0.25) is 0 Å². The standard InChI is InChI=1S/C24H24FNO6/c1-30-16-9-10-18(19(12-16)31-2)21-20(22(27)14-5-7-15(25)8-6-14)23(28)24(29)26(21)13-17-4-3-11-32-17/h5-10,12,17,21,27H,3-4,11,13H2,1-2H3/t17-,21-/m1/s1. The lowest BCUT2D eigenvalue weighted by Gasteiger charge is -2.28. The van der Waals surface area contributed by atoms with Crippen LogP contribution in [0.5, 0.6) is 11.5 Å². The summed E-state index contributed by atoms with van der Waals surface area (Å²) in [6.07, 6.45) is 1.44. The van der Waals surface area contributed by atoms with Crippen LogP contribution in [0.15, 0.2) is 48.0 Å². The van der Waals surface area contributed by atoms with Crippen LogP contribution in [-0.4, -0.2) is 55.2 Å². The van der Waals surface area contributed by atoms with Crippen LogP contribution in [0, 0.1) is 5.82 Å². The molecule has 2 fully saturated rings. The molecule has 32 heavy (non-hydrogen) atoms. The van der Waals surface area contributed by atoms with Gasteiger partial charge in [-0.1, -0.05) is 0 Å². The van der Waals surface area contributed by atoms with Crippen LogP contribution >= 0.6 is 0 Å². The van der Waals surface area contributed by atoms with E-state index in [9.17, 15) is 19.1 Å². The van der Waals surface area contributed by atoms with E-state index < -0.39 is 23.5 Å². The number of carbonyl (C=O) groups is 2. The fraction of sp³-hybridized carbons (Fsp3) is 0.333. The molecular formula is C24H24FNO6. The van der Waals surface area contributed by atoms with Crippen molar-refractivity contribution in [3.63, 3.8) is 0 Å². The zero-order valence-electron chi connectivity index (χ0n) is 17.8. The zero-order valence-corrected chi connectivity index (χ0v) is 17.8. The van der Waals surface area contributed by atoms with E-state index in [1.54, 1.807) is 18.2 Å². The first-order chi connectivity index (χ1) is 15.4. The smallest absolute Gasteiger partial charge is 0.295 e. The van der Waals surface area contributed by atoms with Crippen molar-refractivity contribution in [1.29, 1.82) is 0 Å². The van der Waals surface area contributed by atoms with Crippen molar-refractivity contribution in [1.82, 2.24) is 4.90 Å². The largest absolute Gasteiger partial charge is 0.507 e. The maximum Gasteiger partial charge on any atom is 0.295 e. The minimum absolute atomic E-state index is 0.0805. The normalized spacial score (nSPS) is 22.4. The number of hydrogen-bond donors (Lipinski definition) is 1. The minimum atomic E-state index is -0.898. The SMILES string of the molecule is COc1ccc([C@@H]2C(=C(O)c3ccc(F)cc3)C(=O)C(=O)N2C[C@H]2CCCO2)c(OC)c1. The topological polar surface area (TPSA) is 85.3 Å². The van der Waals surface area contributed by atoms with E-state index in [1.807, 2.05) is 0 Å². The number of ketones is 1. The van der Waals surface area contributed by atoms with Crippen molar-refractivity contribution in [3.05, 3.63) is 65.0 Å². The van der Waals surface area contributed by atoms with E-state index in [-0.39, 0.29) is 29.5 Å². The van der Waals surface area contributed by atoms with Gasteiger partial charge in [-0.05, 0) is 49.2 Å². The molecule has 0 saturated carbocycles. The summed E-state index contributed by atoms with van der Waals surface area (Å²) >= 11 is 0. The number of amides is 1. The Morgan fingerprint density at radius 1 is 1.16 bits per heavy atom. The summed E-state index contributed by atoms with van der Waals surface area (Å²) in [4.78, 5) is 27.6. The summed E-state index contributed by atoms with van der Waals surface area (Å²) in [5.41, 5.74) is 0.677. The molecule has 0 aliphatic carbocycles. The molecule has 2 atom stereocenters. The number of carbonyl (C=O) groups excluding carboxylic acids is 2. The molecule has 0 radical (unpaired) electrons. The Morgan fingerprint density at radius 3 is 2.53 bits per heavy atom. The van der Waals surface area contributed by atoms with E-state index in [4.69, 9.17) is 14.2 Å². The molecule has 0 bridgehead atoms. The van der Waals surface area contributed by atoms with Gasteiger partial charge in [0.05, 0.1) is 31.9 Å². The van der Waals surface area contributed by atoms with Gasteiger partial charge >= 0.3 is 0 Å². The van der Waals surface area contributed by atoms with E-state index in [0.29, 0.717) is 23.7 Å². The molecule has 2 aromatic rings. The molecule has 2 aromatic carbocycles. The lowest BCUT2D eigenvalue weighted by molar-refractivity contribution is -0.140. The maximum atomic E-state index is 13.4. The Morgan fingerprint density at radius 2 is 1.91 bits per heavy atom. The van der Waals surface area contributed by atoms with Crippen LogP contribution in [0.1, 0.15) is 30.0 Å². The average Bonchev–Trinajstić information content (AvgIpc) is 3.41. The summed E-state index contributed by atoms with van der Waals surface area (Å²) in [7, 11) is 3.00. The second-order valence-corrected chi connectivity index (χ2v) is 7.70. The highest BCUT2D eigenvalue weighted by atomic mass is 19.1. The predicted molar refractivity (Wildman–Crippen MR) is 114 cm³/mol. The summed E-state index contributed by atoms with van der Waals surface area (Å²) in [5.74, 6) is -1.45. The molecule has 2 aliphatic heterocycles. The van der Waals surface area contributed by atoms with Gasteiger partial charge in [0.2, 0.25) is 0 Å². The zero-order chi connectivity index (χ0) is 22.8. The Bertz CT molecular complexity index is 1060. The Kier molecular flexibility index (Phi) is 6.14. The lowest BCUT2D eigenvalue weighted by atomic mass is 9.94. The minimum Gasteiger partial charge on any atom is -0.507 e. The first-order valence-corrected chi connectivity index (χ1v) is 10.3. The van der Waals surface area contributed by atoms with Crippen molar-refractivity contribution in [3.8, 4) is 11.5 Å². The van der Waals surface area contributed by atoms with E-state index in [0.717, 1.165) is 12.8 Å². The molecule has 0 unspecified atom stereocenters. The number of aliphatic hydroxyl groups excluding tert-OH is 1. The van der Waals surface area contributed by atoms with Crippen LogP contribution in [-0.2, 0) is 14.3 Å².